The molecular formula is C15H26N2O3. The summed E-state index contributed by atoms with van der Waals surface area (Å²) in [4.78, 5) is 25.1. The summed E-state index contributed by atoms with van der Waals surface area (Å²) in [6, 6.07) is 0.298. The Bertz CT molecular complexity index is 368. The van der Waals surface area contributed by atoms with Crippen molar-refractivity contribution in [2.75, 3.05) is 13.1 Å². The highest BCUT2D eigenvalue weighted by molar-refractivity contribution is 5.81. The number of rotatable bonds is 6. The van der Waals surface area contributed by atoms with Gasteiger partial charge in [0.05, 0.1) is 6.04 Å². The van der Waals surface area contributed by atoms with Gasteiger partial charge in [-0.1, -0.05) is 6.92 Å². The third-order valence-corrected chi connectivity index (χ3v) is 4.64. The minimum absolute atomic E-state index is 0.101. The van der Waals surface area contributed by atoms with E-state index in [0.29, 0.717) is 12.0 Å². The van der Waals surface area contributed by atoms with E-state index in [0.717, 1.165) is 38.8 Å². The molecule has 1 saturated heterocycles. The fourth-order valence-corrected chi connectivity index (χ4v) is 3.01. The Kier molecular flexibility index (Phi) is 5.02. The van der Waals surface area contributed by atoms with Gasteiger partial charge in [0.2, 0.25) is 5.91 Å². The number of hydrogen-bond donors (Lipinski definition) is 2. The van der Waals surface area contributed by atoms with Gasteiger partial charge in [0.25, 0.3) is 0 Å². The first-order chi connectivity index (χ1) is 9.47. The number of carboxylic acids is 1. The van der Waals surface area contributed by atoms with Gasteiger partial charge < -0.3 is 10.4 Å². The van der Waals surface area contributed by atoms with Crippen LogP contribution in [0.5, 0.6) is 0 Å². The van der Waals surface area contributed by atoms with Crippen LogP contribution in [0.2, 0.25) is 0 Å². The molecule has 20 heavy (non-hydrogen) atoms. The topological polar surface area (TPSA) is 69.6 Å². The molecule has 5 heteroatoms. The maximum absolute atomic E-state index is 12.1. The zero-order valence-corrected chi connectivity index (χ0v) is 12.5. The van der Waals surface area contributed by atoms with Crippen LogP contribution in [0.25, 0.3) is 0 Å². The molecule has 1 amide bonds. The molecule has 2 N–H and O–H groups in total. The smallest absolute Gasteiger partial charge is 0.303 e. The number of carbonyl (C=O) groups is 2. The number of amides is 1. The quantitative estimate of drug-likeness (QED) is 0.774. The minimum Gasteiger partial charge on any atom is -0.481 e. The molecular weight excluding hydrogens is 256 g/mol. The lowest BCUT2D eigenvalue weighted by atomic mass is 9.84. The molecule has 1 saturated carbocycles. The normalized spacial score (nSPS) is 26.8. The fourth-order valence-electron chi connectivity index (χ4n) is 3.01. The van der Waals surface area contributed by atoms with E-state index in [1.165, 1.54) is 0 Å². The van der Waals surface area contributed by atoms with Gasteiger partial charge in [-0.15, -0.1) is 0 Å². The summed E-state index contributed by atoms with van der Waals surface area (Å²) in [7, 11) is 0. The summed E-state index contributed by atoms with van der Waals surface area (Å²) in [6.45, 7) is 5.75. The van der Waals surface area contributed by atoms with Crippen LogP contribution in [-0.2, 0) is 9.59 Å². The fraction of sp³-hybridized carbons (Fsp3) is 0.867. The molecule has 5 nitrogen and oxygen atoms in total. The van der Waals surface area contributed by atoms with Crippen LogP contribution in [0.4, 0.5) is 0 Å². The SMILES string of the molecule is CC(CC(=O)O)C1CCCN(C(C)C(=O)NC2CC2)C1. The zero-order valence-electron chi connectivity index (χ0n) is 12.5. The van der Waals surface area contributed by atoms with Gasteiger partial charge in [-0.3, -0.25) is 14.5 Å². The first-order valence-corrected chi connectivity index (χ1v) is 7.73. The number of nitrogens with zero attached hydrogens (tertiary/aromatic N) is 1. The van der Waals surface area contributed by atoms with Crippen molar-refractivity contribution in [1.29, 1.82) is 0 Å². The summed E-state index contributed by atoms with van der Waals surface area (Å²) >= 11 is 0. The Labute approximate surface area is 120 Å². The number of aliphatic carboxylic acids is 1. The van der Waals surface area contributed by atoms with Crippen molar-refractivity contribution >= 4 is 11.9 Å². The summed E-state index contributed by atoms with van der Waals surface area (Å²) in [6.07, 6.45) is 4.56. The van der Waals surface area contributed by atoms with Crippen molar-refractivity contribution in [1.82, 2.24) is 10.2 Å². The van der Waals surface area contributed by atoms with Crippen LogP contribution < -0.4 is 5.32 Å². The Morgan fingerprint density at radius 1 is 1.30 bits per heavy atom. The predicted octanol–water partition coefficient (Wildman–Crippen LogP) is 1.48. The van der Waals surface area contributed by atoms with Crippen LogP contribution in [0.3, 0.4) is 0 Å². The maximum atomic E-state index is 12.1. The lowest BCUT2D eigenvalue weighted by molar-refractivity contribution is -0.139. The van der Waals surface area contributed by atoms with E-state index in [1.54, 1.807) is 0 Å². The summed E-state index contributed by atoms with van der Waals surface area (Å²) < 4.78 is 0. The van der Waals surface area contributed by atoms with Crippen LogP contribution in [-0.4, -0.2) is 47.1 Å². The van der Waals surface area contributed by atoms with Gasteiger partial charge in [0, 0.05) is 19.0 Å². The maximum Gasteiger partial charge on any atom is 0.303 e. The van der Waals surface area contributed by atoms with Gasteiger partial charge in [-0.25, -0.2) is 0 Å². The molecule has 3 atom stereocenters. The Morgan fingerprint density at radius 3 is 2.60 bits per heavy atom. The number of carbonyl (C=O) groups excluding carboxylic acids is 1. The third-order valence-electron chi connectivity index (χ3n) is 4.64. The van der Waals surface area contributed by atoms with E-state index in [1.807, 2.05) is 13.8 Å². The van der Waals surface area contributed by atoms with Crippen molar-refractivity contribution in [3.05, 3.63) is 0 Å². The average Bonchev–Trinajstić information content (AvgIpc) is 3.21. The summed E-state index contributed by atoms with van der Waals surface area (Å²) in [5.74, 6) is -0.0433. The molecule has 1 heterocycles. The second-order valence-electron chi connectivity index (χ2n) is 6.43. The highest BCUT2D eigenvalue weighted by Crippen LogP contribution is 2.27. The molecule has 2 aliphatic rings. The second-order valence-corrected chi connectivity index (χ2v) is 6.43. The number of hydrogen-bond acceptors (Lipinski definition) is 3. The number of carboxylic acid groups (broad SMARTS) is 1. The summed E-state index contributed by atoms with van der Waals surface area (Å²) in [5, 5.41) is 12.0. The lowest BCUT2D eigenvalue weighted by Crippen LogP contribution is -2.50. The van der Waals surface area contributed by atoms with Crippen molar-refractivity contribution in [3.63, 3.8) is 0 Å². The molecule has 3 unspecified atom stereocenters. The highest BCUT2D eigenvalue weighted by Gasteiger charge is 2.32. The minimum atomic E-state index is -0.728. The van der Waals surface area contributed by atoms with Crippen molar-refractivity contribution < 1.29 is 14.7 Å². The van der Waals surface area contributed by atoms with Gasteiger partial charge in [0.1, 0.15) is 0 Å². The van der Waals surface area contributed by atoms with E-state index in [2.05, 4.69) is 10.2 Å². The molecule has 0 aromatic rings. The van der Waals surface area contributed by atoms with Crippen molar-refractivity contribution in [3.8, 4) is 0 Å². The molecule has 0 aromatic heterocycles. The molecule has 1 aliphatic heterocycles. The van der Waals surface area contributed by atoms with Crippen LogP contribution in [0.1, 0.15) is 46.0 Å². The van der Waals surface area contributed by atoms with E-state index in [-0.39, 0.29) is 24.3 Å². The van der Waals surface area contributed by atoms with Crippen LogP contribution in [0.15, 0.2) is 0 Å². The zero-order chi connectivity index (χ0) is 14.7. The first kappa shape index (κ1) is 15.3. The van der Waals surface area contributed by atoms with Crippen LogP contribution in [0, 0.1) is 11.8 Å². The van der Waals surface area contributed by atoms with Gasteiger partial charge in [-0.05, 0) is 51.0 Å². The Balaban J connectivity index is 1.85. The van der Waals surface area contributed by atoms with E-state index < -0.39 is 5.97 Å². The summed E-state index contributed by atoms with van der Waals surface area (Å²) in [5.41, 5.74) is 0. The molecule has 114 valence electrons. The van der Waals surface area contributed by atoms with Crippen molar-refractivity contribution in [2.24, 2.45) is 11.8 Å². The standard InChI is InChI=1S/C15H26N2O3/c1-10(8-14(18)19)12-4-3-7-17(9-12)11(2)15(20)16-13-5-6-13/h10-13H,3-9H2,1-2H3,(H,16,20)(H,18,19). The van der Waals surface area contributed by atoms with E-state index in [4.69, 9.17) is 5.11 Å². The third kappa shape index (κ3) is 4.20. The Hall–Kier alpha value is -1.10. The molecule has 0 radical (unpaired) electrons. The van der Waals surface area contributed by atoms with Crippen molar-refractivity contribution in [2.45, 2.75) is 58.0 Å². The number of piperidine rings is 1. The largest absolute Gasteiger partial charge is 0.481 e. The molecule has 1 aliphatic carbocycles. The predicted molar refractivity (Wildman–Crippen MR) is 76.3 cm³/mol. The molecule has 0 aromatic carbocycles. The second kappa shape index (κ2) is 6.57. The van der Waals surface area contributed by atoms with Crippen LogP contribution >= 0.6 is 0 Å². The number of likely N-dealkylation sites (tertiary alicyclic amines) is 1. The van der Waals surface area contributed by atoms with E-state index in [9.17, 15) is 9.59 Å². The molecule has 0 spiro atoms. The van der Waals surface area contributed by atoms with E-state index >= 15 is 0 Å². The lowest BCUT2D eigenvalue weighted by Gasteiger charge is -2.38. The average molecular weight is 282 g/mol. The molecule has 2 rings (SSSR count). The Morgan fingerprint density at radius 2 is 2.00 bits per heavy atom. The van der Waals surface area contributed by atoms with Gasteiger partial charge >= 0.3 is 5.97 Å². The monoisotopic (exact) mass is 282 g/mol. The highest BCUT2D eigenvalue weighted by atomic mass is 16.4. The van der Waals surface area contributed by atoms with Gasteiger partial charge in [0.15, 0.2) is 0 Å². The van der Waals surface area contributed by atoms with Gasteiger partial charge in [-0.2, -0.15) is 0 Å². The number of nitrogens with one attached hydrogen (secondary N) is 1. The molecule has 2 fully saturated rings. The first-order valence-electron chi connectivity index (χ1n) is 7.73. The molecule has 0 bridgehead atoms.